The van der Waals surface area contributed by atoms with Gasteiger partial charge in [-0.15, -0.1) is 0 Å². The van der Waals surface area contributed by atoms with E-state index in [1.54, 1.807) is 97.1 Å². The summed E-state index contributed by atoms with van der Waals surface area (Å²) in [6.07, 6.45) is 0. The van der Waals surface area contributed by atoms with Gasteiger partial charge in [-0.25, -0.2) is 0 Å². The van der Waals surface area contributed by atoms with Gasteiger partial charge in [-0.2, -0.15) is 0 Å². The van der Waals surface area contributed by atoms with Gasteiger partial charge in [-0.3, -0.25) is 19.2 Å². The summed E-state index contributed by atoms with van der Waals surface area (Å²) in [5.41, 5.74) is 2.69. The fourth-order valence-corrected chi connectivity index (χ4v) is 3.58. The molecule has 0 radical (unpaired) electrons. The quantitative estimate of drug-likeness (QED) is 0.278. The maximum Gasteiger partial charge on any atom is 0.259 e. The number of Topliss-reactive ketones (excluding diaryl/α,β-unsaturated/α-hetero) is 2. The molecule has 7 nitrogen and oxygen atoms in total. The van der Waals surface area contributed by atoms with Gasteiger partial charge in [0.05, 0.1) is 11.1 Å². The minimum atomic E-state index is -0.404. The van der Waals surface area contributed by atoms with Crippen molar-refractivity contribution in [2.24, 2.45) is 0 Å². The van der Waals surface area contributed by atoms with Gasteiger partial charge in [-0.1, -0.05) is 24.3 Å². The molecule has 0 atom stereocenters. The Balaban J connectivity index is 1.53. The summed E-state index contributed by atoms with van der Waals surface area (Å²) in [6.45, 7) is 2.95. The normalized spacial score (nSPS) is 10.3. The highest BCUT2D eigenvalue weighted by molar-refractivity contribution is 6.08. The third-order valence-electron chi connectivity index (χ3n) is 5.58. The second-order valence-electron chi connectivity index (χ2n) is 8.27. The fraction of sp³-hybridized carbons (Fsp3) is 0.0667. The molecule has 0 aliphatic heterocycles. The average molecular weight is 493 g/mol. The van der Waals surface area contributed by atoms with E-state index in [4.69, 9.17) is 4.74 Å². The average Bonchev–Trinajstić information content (AvgIpc) is 2.90. The Morgan fingerprint density at radius 1 is 0.514 bits per heavy atom. The highest BCUT2D eigenvalue weighted by Crippen LogP contribution is 2.29. The van der Waals surface area contributed by atoms with Gasteiger partial charge >= 0.3 is 0 Å². The van der Waals surface area contributed by atoms with Gasteiger partial charge in [0, 0.05) is 22.5 Å². The van der Waals surface area contributed by atoms with E-state index in [1.807, 2.05) is 0 Å². The van der Waals surface area contributed by atoms with Crippen LogP contribution < -0.4 is 15.4 Å². The van der Waals surface area contributed by atoms with Crippen molar-refractivity contribution in [1.82, 2.24) is 0 Å². The second kappa shape index (κ2) is 11.1. The van der Waals surface area contributed by atoms with Crippen LogP contribution in [0.5, 0.6) is 11.5 Å². The number of hydrogen-bond donors (Lipinski definition) is 2. The third kappa shape index (κ3) is 6.15. The molecule has 0 bridgehead atoms. The summed E-state index contributed by atoms with van der Waals surface area (Å²) >= 11 is 0. The lowest BCUT2D eigenvalue weighted by Crippen LogP contribution is -2.15. The molecule has 0 unspecified atom stereocenters. The van der Waals surface area contributed by atoms with E-state index in [-0.39, 0.29) is 34.2 Å². The summed E-state index contributed by atoms with van der Waals surface area (Å²) in [5, 5.41) is 5.60. The van der Waals surface area contributed by atoms with Crippen LogP contribution in [0.1, 0.15) is 55.3 Å². The smallest absolute Gasteiger partial charge is 0.259 e. The van der Waals surface area contributed by atoms with Crippen molar-refractivity contribution in [1.29, 1.82) is 0 Å². The zero-order chi connectivity index (χ0) is 26.4. The predicted molar refractivity (Wildman–Crippen MR) is 142 cm³/mol. The minimum Gasteiger partial charge on any atom is -0.456 e. The molecule has 4 aromatic carbocycles. The molecule has 0 fully saturated rings. The third-order valence-corrected chi connectivity index (χ3v) is 5.58. The van der Waals surface area contributed by atoms with Crippen LogP contribution >= 0.6 is 0 Å². The van der Waals surface area contributed by atoms with Crippen molar-refractivity contribution >= 4 is 34.8 Å². The van der Waals surface area contributed by atoms with E-state index >= 15 is 0 Å². The summed E-state index contributed by atoms with van der Waals surface area (Å²) in [4.78, 5) is 49.0. The highest BCUT2D eigenvalue weighted by atomic mass is 16.5. The summed E-state index contributed by atoms with van der Waals surface area (Å²) in [6, 6.07) is 26.6. The molecule has 4 rings (SSSR count). The monoisotopic (exact) mass is 492 g/mol. The Kier molecular flexibility index (Phi) is 7.54. The van der Waals surface area contributed by atoms with E-state index in [0.29, 0.717) is 22.5 Å². The van der Waals surface area contributed by atoms with Crippen LogP contribution in [0.3, 0.4) is 0 Å². The Morgan fingerprint density at radius 2 is 0.865 bits per heavy atom. The zero-order valence-corrected chi connectivity index (χ0v) is 20.3. The number of anilines is 2. The first-order valence-corrected chi connectivity index (χ1v) is 11.5. The molecule has 37 heavy (non-hydrogen) atoms. The van der Waals surface area contributed by atoms with Crippen molar-refractivity contribution < 1.29 is 23.9 Å². The molecule has 4 aromatic rings. The van der Waals surface area contributed by atoms with E-state index in [9.17, 15) is 19.2 Å². The van der Waals surface area contributed by atoms with Crippen molar-refractivity contribution in [3.05, 3.63) is 119 Å². The standard InChI is InChI=1S/C30H24N2O5/c1-19(33)21-11-15-23(16-12-21)31-29(35)25-7-3-5-9-27(25)37-28-10-6-4-8-26(28)30(36)32-24-17-13-22(14-18-24)20(2)34/h3-18H,1-2H3,(H,31,35)(H,32,36). The van der Waals surface area contributed by atoms with Gasteiger partial charge in [-0.05, 0) is 86.6 Å². The molecule has 0 aliphatic rings. The highest BCUT2D eigenvalue weighted by Gasteiger charge is 2.17. The lowest BCUT2D eigenvalue weighted by atomic mass is 10.1. The fourth-order valence-electron chi connectivity index (χ4n) is 3.58. The number of rotatable bonds is 8. The van der Waals surface area contributed by atoms with Crippen molar-refractivity contribution in [2.75, 3.05) is 10.6 Å². The molecule has 0 saturated heterocycles. The van der Waals surface area contributed by atoms with Crippen molar-refractivity contribution in [2.45, 2.75) is 13.8 Å². The summed E-state index contributed by atoms with van der Waals surface area (Å²) in [7, 11) is 0. The maximum absolute atomic E-state index is 13.0. The van der Waals surface area contributed by atoms with Crippen LogP contribution in [0.25, 0.3) is 0 Å². The predicted octanol–water partition coefficient (Wildman–Crippen LogP) is 6.39. The van der Waals surface area contributed by atoms with Gasteiger partial charge < -0.3 is 15.4 Å². The molecular weight excluding hydrogens is 468 g/mol. The van der Waals surface area contributed by atoms with Crippen molar-refractivity contribution in [3.8, 4) is 11.5 Å². The second-order valence-corrected chi connectivity index (χ2v) is 8.27. The molecule has 2 N–H and O–H groups in total. The number of carbonyl (C=O) groups is 4. The molecule has 2 amide bonds. The van der Waals surface area contributed by atoms with Crippen LogP contribution in [0.15, 0.2) is 97.1 Å². The number of amides is 2. The molecule has 0 saturated carbocycles. The van der Waals surface area contributed by atoms with E-state index in [2.05, 4.69) is 10.6 Å². The number of benzene rings is 4. The Hall–Kier alpha value is -5.04. The number of para-hydroxylation sites is 2. The minimum absolute atomic E-state index is 0.0626. The van der Waals surface area contributed by atoms with E-state index < -0.39 is 11.8 Å². The Morgan fingerprint density at radius 3 is 1.22 bits per heavy atom. The molecule has 7 heteroatoms. The summed E-state index contributed by atoms with van der Waals surface area (Å²) in [5.74, 6) is -0.394. The molecule has 184 valence electrons. The number of nitrogens with one attached hydrogen (secondary N) is 2. The van der Waals surface area contributed by atoms with Gasteiger partial charge in [0.1, 0.15) is 11.5 Å². The number of ketones is 2. The zero-order valence-electron chi connectivity index (χ0n) is 20.3. The topological polar surface area (TPSA) is 102 Å². The summed E-state index contributed by atoms with van der Waals surface area (Å²) < 4.78 is 6.05. The lowest BCUT2D eigenvalue weighted by molar-refractivity contribution is 0.100. The van der Waals surface area contributed by atoms with Crippen LogP contribution in [0, 0.1) is 0 Å². The molecule has 0 heterocycles. The van der Waals surface area contributed by atoms with Crippen LogP contribution in [0.4, 0.5) is 11.4 Å². The largest absolute Gasteiger partial charge is 0.456 e. The van der Waals surface area contributed by atoms with Crippen molar-refractivity contribution in [3.63, 3.8) is 0 Å². The Labute approximate surface area is 214 Å². The van der Waals surface area contributed by atoms with E-state index in [0.717, 1.165) is 0 Å². The van der Waals surface area contributed by atoms with E-state index in [1.165, 1.54) is 13.8 Å². The number of hydrogen-bond acceptors (Lipinski definition) is 5. The lowest BCUT2D eigenvalue weighted by Gasteiger charge is -2.14. The molecular formula is C30H24N2O5. The van der Waals surface area contributed by atoms with Gasteiger partial charge in [0.25, 0.3) is 11.8 Å². The maximum atomic E-state index is 13.0. The van der Waals surface area contributed by atoms with Crippen LogP contribution in [-0.4, -0.2) is 23.4 Å². The number of carbonyl (C=O) groups excluding carboxylic acids is 4. The molecule has 0 spiro atoms. The first-order valence-electron chi connectivity index (χ1n) is 11.5. The Bertz CT molecular complexity index is 1360. The molecule has 0 aromatic heterocycles. The first-order chi connectivity index (χ1) is 17.8. The number of ether oxygens (including phenoxy) is 1. The SMILES string of the molecule is CC(=O)c1ccc(NC(=O)c2ccccc2Oc2ccccc2C(=O)Nc2ccc(C(C)=O)cc2)cc1. The first kappa shape index (κ1) is 25.1. The van der Waals surface area contributed by atoms with Gasteiger partial charge in [0.2, 0.25) is 0 Å². The van der Waals surface area contributed by atoms with Gasteiger partial charge in [0.15, 0.2) is 11.6 Å². The van der Waals surface area contributed by atoms with Crippen LogP contribution in [0.2, 0.25) is 0 Å². The van der Waals surface area contributed by atoms with Crippen LogP contribution in [-0.2, 0) is 0 Å². The molecule has 0 aliphatic carbocycles.